The lowest BCUT2D eigenvalue weighted by Gasteiger charge is -2.33. The number of benzene rings is 3. The highest BCUT2D eigenvalue weighted by Crippen LogP contribution is 2.41. The normalized spacial score (nSPS) is 17.4. The number of hydrogen-bond donors (Lipinski definition) is 0. The molecule has 3 aromatic rings. The Morgan fingerprint density at radius 2 is 0.771 bits per heavy atom. The Balaban J connectivity index is 1.19. The van der Waals surface area contributed by atoms with Crippen molar-refractivity contribution in [1.29, 1.82) is 0 Å². The monoisotopic (exact) mass is 662 g/mol. The minimum Gasteiger partial charge on any atom is -0.461 e. The largest absolute Gasteiger partial charge is 0.461 e. The summed E-state index contributed by atoms with van der Waals surface area (Å²) in [6.45, 7) is 2.64. The zero-order chi connectivity index (χ0) is 34.4. The maximum absolute atomic E-state index is 14.1. The lowest BCUT2D eigenvalue weighted by atomic mass is 9.86. The first-order chi connectivity index (χ1) is 22.6. The number of ether oxygens (including phenoxy) is 3. The summed E-state index contributed by atoms with van der Waals surface area (Å²) < 4.78 is 58.4. The fourth-order valence-corrected chi connectivity index (χ4v) is 4.95. The number of alkyl halides is 3. The number of halogens is 3. The maximum atomic E-state index is 14.1. The number of esters is 3. The third-order valence-corrected chi connectivity index (χ3v) is 8.31. The summed E-state index contributed by atoms with van der Waals surface area (Å²) >= 11 is 0. The van der Waals surface area contributed by atoms with Gasteiger partial charge in [0.2, 0.25) is 17.0 Å². The Kier molecular flexibility index (Phi) is 7.96. The molecule has 0 aromatic heterocycles. The van der Waals surface area contributed by atoms with Crippen molar-refractivity contribution in [2.75, 3.05) is 19.8 Å². The molecule has 0 aliphatic carbocycles. The quantitative estimate of drug-likeness (QED) is 0.137. The van der Waals surface area contributed by atoms with Crippen LogP contribution in [0, 0.1) is 5.41 Å². The highest BCUT2D eigenvalue weighted by molar-refractivity contribution is 5.90. The number of carbonyl (C=O) groups excluding carboxylic acids is 3. The number of hydrogen-bond acceptors (Lipinski definition) is 12. The van der Waals surface area contributed by atoms with Crippen molar-refractivity contribution in [1.82, 2.24) is 0 Å². The van der Waals surface area contributed by atoms with E-state index < -0.39 is 72.7 Å². The Hall–Kier alpha value is -5.34. The van der Waals surface area contributed by atoms with Crippen molar-refractivity contribution >= 4 is 17.9 Å². The molecular weight excluding hydrogens is 633 g/mol. The van der Waals surface area contributed by atoms with Crippen molar-refractivity contribution < 1.29 is 41.8 Å². The summed E-state index contributed by atoms with van der Waals surface area (Å²) in [4.78, 5) is 39.0. The third-order valence-electron chi connectivity index (χ3n) is 8.31. The molecule has 3 aliphatic rings. The van der Waals surface area contributed by atoms with Crippen LogP contribution in [0.4, 0.5) is 13.2 Å². The smallest absolute Gasteiger partial charge is 0.390 e. The summed E-state index contributed by atoms with van der Waals surface area (Å²) in [6.07, 6.45) is -6.43. The maximum Gasteiger partial charge on any atom is 0.390 e. The van der Waals surface area contributed by atoms with Crippen molar-refractivity contribution in [2.24, 2.45) is 36.1 Å². The predicted molar refractivity (Wildman–Crippen MR) is 160 cm³/mol. The fraction of sp³-hybridized carbons (Fsp3) is 0.364. The Morgan fingerprint density at radius 3 is 0.979 bits per heavy atom. The zero-order valence-corrected chi connectivity index (χ0v) is 26.0. The lowest BCUT2D eigenvalue weighted by molar-refractivity contribution is -0.177. The fourth-order valence-electron chi connectivity index (χ4n) is 4.95. The SMILES string of the molecule is CC1(c2ccc(C(=O)OCC(COC(=O)c3ccc(C4(C)N=N4)cc3)(COC(=O)c3ccc(C4(C)N=N4)cc3)CC(F)(F)F)cc2)N=N1. The van der Waals surface area contributed by atoms with Crippen molar-refractivity contribution in [3.8, 4) is 0 Å². The van der Waals surface area contributed by atoms with Gasteiger partial charge in [0.1, 0.15) is 19.8 Å². The molecule has 6 rings (SSSR count). The second kappa shape index (κ2) is 11.7. The van der Waals surface area contributed by atoms with E-state index in [1.54, 1.807) is 57.2 Å². The van der Waals surface area contributed by atoms with Crippen molar-refractivity contribution in [3.05, 3.63) is 106 Å². The molecule has 48 heavy (non-hydrogen) atoms. The van der Waals surface area contributed by atoms with Gasteiger partial charge in [-0.25, -0.2) is 14.4 Å². The predicted octanol–water partition coefficient (Wildman–Crippen LogP) is 7.41. The minimum absolute atomic E-state index is 0.0590. The molecule has 0 atom stereocenters. The average molecular weight is 663 g/mol. The van der Waals surface area contributed by atoms with Crippen LogP contribution in [0.1, 0.15) is 75.0 Å². The van der Waals surface area contributed by atoms with Crippen LogP contribution < -0.4 is 0 Å². The van der Waals surface area contributed by atoms with Gasteiger partial charge in [0.25, 0.3) is 0 Å². The van der Waals surface area contributed by atoms with E-state index in [9.17, 15) is 27.6 Å². The Morgan fingerprint density at radius 1 is 0.521 bits per heavy atom. The summed E-state index contributed by atoms with van der Waals surface area (Å²) in [5.41, 5.74) is -1.95. The highest BCUT2D eigenvalue weighted by atomic mass is 19.4. The van der Waals surface area contributed by atoms with Crippen LogP contribution in [0.2, 0.25) is 0 Å². The van der Waals surface area contributed by atoms with E-state index in [4.69, 9.17) is 14.2 Å². The van der Waals surface area contributed by atoms with Crippen molar-refractivity contribution in [2.45, 2.75) is 50.4 Å². The van der Waals surface area contributed by atoms with E-state index in [1.165, 1.54) is 36.4 Å². The molecule has 0 bridgehead atoms. The Bertz CT molecular complexity index is 1620. The van der Waals surface area contributed by atoms with Crippen LogP contribution in [0.25, 0.3) is 0 Å². The van der Waals surface area contributed by atoms with Gasteiger partial charge in [-0.05, 0) is 57.2 Å². The van der Waals surface area contributed by atoms with Crippen LogP contribution >= 0.6 is 0 Å². The van der Waals surface area contributed by atoms with Gasteiger partial charge in [-0.15, -0.1) is 0 Å². The lowest BCUT2D eigenvalue weighted by Crippen LogP contribution is -2.43. The molecule has 0 fully saturated rings. The summed E-state index contributed by atoms with van der Waals surface area (Å²) in [5.74, 6) is -2.79. The first-order valence-electron chi connectivity index (χ1n) is 14.8. The number of rotatable bonds is 13. The first kappa shape index (κ1) is 32.6. The van der Waals surface area contributed by atoms with E-state index >= 15 is 0 Å². The molecule has 15 heteroatoms. The molecule has 0 amide bonds. The highest BCUT2D eigenvalue weighted by Gasteiger charge is 2.46. The number of nitrogens with zero attached hydrogens (tertiary/aromatic N) is 6. The standard InChI is InChI=1S/C33H29F3N6O6/c1-29(37-38-29)23-10-4-20(5-11-23)26(43)46-17-32(16-33(34,35)36,18-47-27(44)21-6-12-24(13-7-21)30(2)39-40-30)19-48-28(45)22-8-14-25(15-9-22)31(3)41-42-31/h4-15H,16-19H2,1-3H3. The van der Waals surface area contributed by atoms with E-state index in [2.05, 4.69) is 30.7 Å². The van der Waals surface area contributed by atoms with Crippen LogP contribution in [0.5, 0.6) is 0 Å². The summed E-state index contributed by atoms with van der Waals surface area (Å²) in [5, 5.41) is 23.6. The molecule has 12 nitrogen and oxygen atoms in total. The van der Waals surface area contributed by atoms with Crippen LogP contribution in [-0.2, 0) is 31.2 Å². The van der Waals surface area contributed by atoms with Crippen LogP contribution in [-0.4, -0.2) is 43.9 Å². The first-order valence-corrected chi connectivity index (χ1v) is 14.8. The van der Waals surface area contributed by atoms with Gasteiger partial charge >= 0.3 is 24.1 Å². The van der Waals surface area contributed by atoms with Gasteiger partial charge in [-0.3, -0.25) is 0 Å². The average Bonchev–Trinajstić information content (AvgIpc) is 4.02. The number of carbonyl (C=O) groups is 3. The molecular formula is C33H29F3N6O6. The summed E-state index contributed by atoms with van der Waals surface area (Å²) in [7, 11) is 0. The summed E-state index contributed by atoms with van der Waals surface area (Å²) in [6, 6.07) is 18.3. The second-order valence-corrected chi connectivity index (χ2v) is 12.4. The molecule has 0 radical (unpaired) electrons. The molecule has 3 heterocycles. The molecule has 0 unspecified atom stereocenters. The minimum atomic E-state index is -4.83. The van der Waals surface area contributed by atoms with Gasteiger partial charge in [-0.1, -0.05) is 36.4 Å². The topological polar surface area (TPSA) is 153 Å². The van der Waals surface area contributed by atoms with Gasteiger partial charge < -0.3 is 14.2 Å². The van der Waals surface area contributed by atoms with Crippen LogP contribution in [0.15, 0.2) is 103 Å². The zero-order valence-electron chi connectivity index (χ0n) is 26.0. The molecule has 3 aliphatic heterocycles. The molecule has 0 N–H and O–H groups in total. The van der Waals surface area contributed by atoms with E-state index in [0.717, 1.165) is 16.7 Å². The van der Waals surface area contributed by atoms with Gasteiger partial charge in [-0.2, -0.15) is 43.9 Å². The van der Waals surface area contributed by atoms with Gasteiger partial charge in [0.05, 0.1) is 28.5 Å². The second-order valence-electron chi connectivity index (χ2n) is 12.4. The molecule has 248 valence electrons. The molecule has 0 saturated heterocycles. The van der Waals surface area contributed by atoms with Gasteiger partial charge in [0, 0.05) is 16.7 Å². The molecule has 3 aromatic carbocycles. The van der Waals surface area contributed by atoms with E-state index in [-0.39, 0.29) is 16.7 Å². The molecule has 0 saturated carbocycles. The van der Waals surface area contributed by atoms with Crippen LogP contribution in [0.3, 0.4) is 0 Å². The molecule has 0 spiro atoms. The van der Waals surface area contributed by atoms with E-state index in [0.29, 0.717) is 0 Å². The van der Waals surface area contributed by atoms with E-state index in [1.807, 2.05) is 0 Å². The third kappa shape index (κ3) is 7.29. The van der Waals surface area contributed by atoms with Crippen molar-refractivity contribution in [3.63, 3.8) is 0 Å². The Labute approximate surface area is 272 Å². The van der Waals surface area contributed by atoms with Gasteiger partial charge in [0.15, 0.2) is 0 Å².